The molecule has 2 aliphatic heterocycles. The fourth-order valence-electron chi connectivity index (χ4n) is 3.41. The highest BCUT2D eigenvalue weighted by Crippen LogP contribution is 2.31. The molecule has 3 heteroatoms. The summed E-state index contributed by atoms with van der Waals surface area (Å²) in [5, 5.41) is 3.68. The SMILES string of the molecule is Cc1ccc(N)c(NC2CCN3CCCCC23)c1. The number of rotatable bonds is 2. The molecule has 2 unspecified atom stereocenters. The van der Waals surface area contributed by atoms with Gasteiger partial charge in [-0.3, -0.25) is 4.90 Å². The topological polar surface area (TPSA) is 41.3 Å². The predicted octanol–water partition coefficient (Wildman–Crippen LogP) is 2.62. The highest BCUT2D eigenvalue weighted by molar-refractivity contribution is 5.67. The number of aryl methyl sites for hydroxylation is 1. The smallest absolute Gasteiger partial charge is 0.0579 e. The van der Waals surface area contributed by atoms with E-state index in [1.807, 2.05) is 6.07 Å². The van der Waals surface area contributed by atoms with Crippen LogP contribution in [0.2, 0.25) is 0 Å². The van der Waals surface area contributed by atoms with Crippen LogP contribution in [-0.4, -0.2) is 30.1 Å². The molecule has 0 spiro atoms. The zero-order valence-electron chi connectivity index (χ0n) is 11.2. The van der Waals surface area contributed by atoms with E-state index in [0.29, 0.717) is 6.04 Å². The van der Waals surface area contributed by atoms with Gasteiger partial charge in [-0.25, -0.2) is 0 Å². The molecular formula is C15H23N3. The van der Waals surface area contributed by atoms with Crippen LogP contribution < -0.4 is 11.1 Å². The standard InChI is InChI=1S/C15H23N3/c1-11-5-6-12(16)14(10-11)17-13-7-9-18-8-3-2-4-15(13)18/h5-6,10,13,15,17H,2-4,7-9,16H2,1H3. The molecule has 2 fully saturated rings. The Morgan fingerprint density at radius 2 is 2.11 bits per heavy atom. The number of hydrogen-bond donors (Lipinski definition) is 2. The summed E-state index contributed by atoms with van der Waals surface area (Å²) in [7, 11) is 0. The summed E-state index contributed by atoms with van der Waals surface area (Å²) >= 11 is 0. The lowest BCUT2D eigenvalue weighted by Crippen LogP contribution is -2.41. The van der Waals surface area contributed by atoms with Gasteiger partial charge in [-0.15, -0.1) is 0 Å². The van der Waals surface area contributed by atoms with Gasteiger partial charge in [0, 0.05) is 18.6 Å². The van der Waals surface area contributed by atoms with Gasteiger partial charge < -0.3 is 11.1 Å². The Morgan fingerprint density at radius 3 is 3.00 bits per heavy atom. The first-order valence-electron chi connectivity index (χ1n) is 7.11. The predicted molar refractivity (Wildman–Crippen MR) is 76.8 cm³/mol. The molecule has 3 nitrogen and oxygen atoms in total. The number of benzene rings is 1. The van der Waals surface area contributed by atoms with Gasteiger partial charge in [0.05, 0.1) is 11.4 Å². The molecule has 1 aromatic rings. The minimum atomic E-state index is 0.578. The molecule has 0 radical (unpaired) electrons. The van der Waals surface area contributed by atoms with Crippen molar-refractivity contribution in [2.75, 3.05) is 24.1 Å². The largest absolute Gasteiger partial charge is 0.397 e. The van der Waals surface area contributed by atoms with Crippen molar-refractivity contribution in [1.82, 2.24) is 4.90 Å². The molecule has 0 aromatic heterocycles. The van der Waals surface area contributed by atoms with Gasteiger partial charge in [-0.1, -0.05) is 12.5 Å². The molecule has 2 atom stereocenters. The quantitative estimate of drug-likeness (QED) is 0.787. The summed E-state index contributed by atoms with van der Waals surface area (Å²) in [6, 6.07) is 7.54. The lowest BCUT2D eigenvalue weighted by molar-refractivity contribution is 0.193. The van der Waals surface area contributed by atoms with Crippen molar-refractivity contribution in [3.8, 4) is 0 Å². The van der Waals surface area contributed by atoms with E-state index in [-0.39, 0.29) is 0 Å². The second kappa shape index (κ2) is 4.81. The number of piperidine rings is 1. The van der Waals surface area contributed by atoms with Gasteiger partial charge in [0.1, 0.15) is 0 Å². The molecule has 3 N–H and O–H groups in total. The third-order valence-corrected chi connectivity index (χ3v) is 4.41. The van der Waals surface area contributed by atoms with Crippen molar-refractivity contribution in [3.63, 3.8) is 0 Å². The molecule has 0 bridgehead atoms. The molecule has 2 saturated heterocycles. The van der Waals surface area contributed by atoms with E-state index < -0.39 is 0 Å². The average molecular weight is 245 g/mol. The number of nitrogens with one attached hydrogen (secondary N) is 1. The summed E-state index contributed by atoms with van der Waals surface area (Å²) in [5.41, 5.74) is 9.32. The first kappa shape index (κ1) is 11.8. The summed E-state index contributed by atoms with van der Waals surface area (Å²) in [5.74, 6) is 0. The van der Waals surface area contributed by atoms with Gasteiger partial charge in [0.25, 0.3) is 0 Å². The number of anilines is 2. The van der Waals surface area contributed by atoms with Crippen LogP contribution in [0.3, 0.4) is 0 Å². The van der Waals surface area contributed by atoms with Crippen LogP contribution >= 0.6 is 0 Å². The van der Waals surface area contributed by atoms with Crippen LogP contribution in [0.15, 0.2) is 18.2 Å². The fraction of sp³-hybridized carbons (Fsp3) is 0.600. The maximum atomic E-state index is 6.06. The Kier molecular flexibility index (Phi) is 3.16. The molecule has 3 rings (SSSR count). The first-order chi connectivity index (χ1) is 8.74. The van der Waals surface area contributed by atoms with Gasteiger partial charge >= 0.3 is 0 Å². The summed E-state index contributed by atoms with van der Waals surface area (Å²) in [6.45, 7) is 4.65. The van der Waals surface area contributed by atoms with Crippen LogP contribution in [0, 0.1) is 6.92 Å². The molecule has 98 valence electrons. The number of fused-ring (bicyclic) bond motifs is 1. The van der Waals surface area contributed by atoms with E-state index in [0.717, 1.165) is 17.4 Å². The Balaban J connectivity index is 1.74. The van der Waals surface area contributed by atoms with E-state index in [2.05, 4.69) is 29.3 Å². The minimum Gasteiger partial charge on any atom is -0.397 e. The van der Waals surface area contributed by atoms with Crippen LogP contribution in [-0.2, 0) is 0 Å². The zero-order chi connectivity index (χ0) is 12.5. The van der Waals surface area contributed by atoms with Crippen molar-refractivity contribution in [1.29, 1.82) is 0 Å². The highest BCUT2D eigenvalue weighted by Gasteiger charge is 2.35. The summed E-state index contributed by atoms with van der Waals surface area (Å²) in [6.07, 6.45) is 5.33. The summed E-state index contributed by atoms with van der Waals surface area (Å²) in [4.78, 5) is 2.65. The number of hydrogen-bond acceptors (Lipinski definition) is 3. The molecule has 18 heavy (non-hydrogen) atoms. The molecule has 1 aromatic carbocycles. The molecular weight excluding hydrogens is 222 g/mol. The number of nitrogens with two attached hydrogens (primary N) is 1. The van der Waals surface area contributed by atoms with Gasteiger partial charge in [-0.05, 0) is 50.4 Å². The van der Waals surface area contributed by atoms with Crippen molar-refractivity contribution >= 4 is 11.4 Å². The van der Waals surface area contributed by atoms with E-state index in [9.17, 15) is 0 Å². The highest BCUT2D eigenvalue weighted by atomic mass is 15.2. The Hall–Kier alpha value is -1.22. The third kappa shape index (κ3) is 2.19. The zero-order valence-corrected chi connectivity index (χ0v) is 11.2. The van der Waals surface area contributed by atoms with Gasteiger partial charge in [0.15, 0.2) is 0 Å². The van der Waals surface area contributed by atoms with Crippen molar-refractivity contribution in [2.24, 2.45) is 0 Å². The summed E-state index contributed by atoms with van der Waals surface area (Å²) < 4.78 is 0. The molecule has 2 aliphatic rings. The molecule has 0 aliphatic carbocycles. The normalized spacial score (nSPS) is 28.1. The average Bonchev–Trinajstić information content (AvgIpc) is 2.78. The van der Waals surface area contributed by atoms with Crippen LogP contribution in [0.4, 0.5) is 11.4 Å². The Labute approximate surface area is 109 Å². The molecule has 0 saturated carbocycles. The molecule has 0 amide bonds. The monoisotopic (exact) mass is 245 g/mol. The second-order valence-electron chi connectivity index (χ2n) is 5.73. The van der Waals surface area contributed by atoms with Crippen LogP contribution in [0.25, 0.3) is 0 Å². The van der Waals surface area contributed by atoms with E-state index in [1.165, 1.54) is 44.3 Å². The minimum absolute atomic E-state index is 0.578. The first-order valence-corrected chi connectivity index (χ1v) is 7.11. The Bertz CT molecular complexity index is 430. The second-order valence-corrected chi connectivity index (χ2v) is 5.73. The number of nitrogens with zero attached hydrogens (tertiary/aromatic N) is 1. The van der Waals surface area contributed by atoms with Crippen molar-refractivity contribution in [3.05, 3.63) is 23.8 Å². The van der Waals surface area contributed by atoms with E-state index >= 15 is 0 Å². The van der Waals surface area contributed by atoms with Crippen LogP contribution in [0.1, 0.15) is 31.2 Å². The third-order valence-electron chi connectivity index (χ3n) is 4.41. The van der Waals surface area contributed by atoms with Gasteiger partial charge in [-0.2, -0.15) is 0 Å². The van der Waals surface area contributed by atoms with E-state index in [1.54, 1.807) is 0 Å². The fourth-order valence-corrected chi connectivity index (χ4v) is 3.41. The van der Waals surface area contributed by atoms with Gasteiger partial charge in [0.2, 0.25) is 0 Å². The van der Waals surface area contributed by atoms with Crippen LogP contribution in [0.5, 0.6) is 0 Å². The lowest BCUT2D eigenvalue weighted by Gasteiger charge is -2.33. The van der Waals surface area contributed by atoms with Crippen molar-refractivity contribution < 1.29 is 0 Å². The van der Waals surface area contributed by atoms with Crippen molar-refractivity contribution in [2.45, 2.75) is 44.7 Å². The lowest BCUT2D eigenvalue weighted by atomic mass is 9.98. The van der Waals surface area contributed by atoms with E-state index in [4.69, 9.17) is 5.73 Å². The molecule has 2 heterocycles. The number of nitrogen functional groups attached to an aromatic ring is 1. The maximum absolute atomic E-state index is 6.06. The maximum Gasteiger partial charge on any atom is 0.0579 e. The Morgan fingerprint density at radius 1 is 1.22 bits per heavy atom.